The smallest absolute Gasteiger partial charge is 0.140 e. The van der Waals surface area contributed by atoms with Crippen molar-refractivity contribution in [3.63, 3.8) is 0 Å². The summed E-state index contributed by atoms with van der Waals surface area (Å²) in [4.78, 5) is 6.04. The third-order valence-electron chi connectivity index (χ3n) is 2.69. The molecule has 0 aliphatic heterocycles. The molecule has 4 nitrogen and oxygen atoms in total. The van der Waals surface area contributed by atoms with Crippen molar-refractivity contribution in [3.8, 4) is 11.8 Å². The van der Waals surface area contributed by atoms with Gasteiger partial charge in [0.1, 0.15) is 17.5 Å². The maximum absolute atomic E-state index is 8.71. The van der Waals surface area contributed by atoms with Crippen LogP contribution in [-0.4, -0.2) is 19.1 Å². The number of anilines is 2. The van der Waals surface area contributed by atoms with Crippen molar-refractivity contribution in [1.29, 1.82) is 5.26 Å². The van der Waals surface area contributed by atoms with Crippen LogP contribution in [0.2, 0.25) is 0 Å². The number of rotatable bonds is 3. The Labute approximate surface area is 106 Å². The largest absolute Gasteiger partial charge is 0.497 e. The van der Waals surface area contributed by atoms with Gasteiger partial charge in [0, 0.05) is 18.8 Å². The summed E-state index contributed by atoms with van der Waals surface area (Å²) >= 11 is 0. The second-order valence-corrected chi connectivity index (χ2v) is 3.77. The van der Waals surface area contributed by atoms with E-state index < -0.39 is 0 Å². The Kier molecular flexibility index (Phi) is 3.44. The highest BCUT2D eigenvalue weighted by molar-refractivity contribution is 5.63. The Morgan fingerprint density at radius 3 is 2.67 bits per heavy atom. The van der Waals surface area contributed by atoms with Gasteiger partial charge in [0.15, 0.2) is 0 Å². The highest BCUT2D eigenvalue weighted by atomic mass is 16.5. The molecule has 18 heavy (non-hydrogen) atoms. The fourth-order valence-corrected chi connectivity index (χ4v) is 1.62. The molecule has 2 aromatic rings. The van der Waals surface area contributed by atoms with Gasteiger partial charge in [-0.05, 0) is 24.3 Å². The topological polar surface area (TPSA) is 49.1 Å². The normalized spacial score (nSPS) is 9.61. The van der Waals surface area contributed by atoms with Crippen LogP contribution >= 0.6 is 0 Å². The Morgan fingerprint density at radius 2 is 2.06 bits per heavy atom. The molecule has 1 aromatic heterocycles. The molecule has 90 valence electrons. The second-order valence-electron chi connectivity index (χ2n) is 3.77. The molecule has 0 aliphatic carbocycles. The summed E-state index contributed by atoms with van der Waals surface area (Å²) in [6.07, 6.45) is 1.68. The van der Waals surface area contributed by atoms with Crippen LogP contribution in [0.5, 0.6) is 5.75 Å². The highest BCUT2D eigenvalue weighted by Crippen LogP contribution is 2.26. The first kappa shape index (κ1) is 11.9. The van der Waals surface area contributed by atoms with Crippen LogP contribution < -0.4 is 9.64 Å². The Balaban J connectivity index is 2.29. The van der Waals surface area contributed by atoms with Gasteiger partial charge in [-0.1, -0.05) is 6.07 Å². The summed E-state index contributed by atoms with van der Waals surface area (Å²) in [5, 5.41) is 8.71. The van der Waals surface area contributed by atoms with E-state index in [1.807, 2.05) is 48.3 Å². The molecule has 0 atom stereocenters. The lowest BCUT2D eigenvalue weighted by atomic mass is 10.2. The summed E-state index contributed by atoms with van der Waals surface area (Å²) in [7, 11) is 3.58. The molecule has 0 amide bonds. The van der Waals surface area contributed by atoms with Crippen molar-refractivity contribution in [1.82, 2.24) is 4.98 Å². The van der Waals surface area contributed by atoms with Gasteiger partial charge >= 0.3 is 0 Å². The van der Waals surface area contributed by atoms with Gasteiger partial charge in [-0.25, -0.2) is 4.98 Å². The summed E-state index contributed by atoms with van der Waals surface area (Å²) in [6, 6.07) is 13.3. The first-order chi connectivity index (χ1) is 8.74. The number of aromatic nitrogens is 1. The van der Waals surface area contributed by atoms with Crippen molar-refractivity contribution < 1.29 is 4.74 Å². The maximum atomic E-state index is 8.71. The number of hydrogen-bond donors (Lipinski definition) is 0. The van der Waals surface area contributed by atoms with Crippen LogP contribution in [-0.2, 0) is 0 Å². The molecule has 0 saturated heterocycles. The Hall–Kier alpha value is -2.54. The minimum absolute atomic E-state index is 0.415. The van der Waals surface area contributed by atoms with E-state index in [1.165, 1.54) is 0 Å². The van der Waals surface area contributed by atoms with Crippen LogP contribution in [0.4, 0.5) is 11.4 Å². The number of hydrogen-bond acceptors (Lipinski definition) is 4. The Morgan fingerprint density at radius 1 is 1.22 bits per heavy atom. The molecule has 0 spiro atoms. The lowest BCUT2D eigenvalue weighted by molar-refractivity contribution is 0.415. The summed E-state index contributed by atoms with van der Waals surface area (Å²) in [6.45, 7) is 0. The van der Waals surface area contributed by atoms with Crippen LogP contribution in [0.1, 0.15) is 5.69 Å². The standard InChI is InChI=1S/C14H13N3O/c1-17(12-4-3-5-14(8-12)18-2)13-7-6-11(9-15)16-10-13/h3-8,10H,1-2H3. The summed E-state index contributed by atoms with van der Waals surface area (Å²) in [5.41, 5.74) is 2.33. The van der Waals surface area contributed by atoms with Crippen LogP contribution in [0.25, 0.3) is 0 Å². The number of methoxy groups -OCH3 is 1. The third-order valence-corrected chi connectivity index (χ3v) is 2.69. The van der Waals surface area contributed by atoms with E-state index in [4.69, 9.17) is 10.00 Å². The van der Waals surface area contributed by atoms with E-state index in [0.717, 1.165) is 17.1 Å². The maximum Gasteiger partial charge on any atom is 0.140 e. The predicted octanol–water partition coefficient (Wildman–Crippen LogP) is 2.73. The van der Waals surface area contributed by atoms with Crippen molar-refractivity contribution in [2.24, 2.45) is 0 Å². The number of nitrogens with zero attached hydrogens (tertiary/aromatic N) is 3. The van der Waals surface area contributed by atoms with Gasteiger partial charge in [0.25, 0.3) is 0 Å². The van der Waals surface area contributed by atoms with Gasteiger partial charge in [-0.2, -0.15) is 5.26 Å². The van der Waals surface area contributed by atoms with Gasteiger partial charge < -0.3 is 9.64 Å². The molecule has 0 fully saturated rings. The molecule has 0 unspecified atom stereocenters. The summed E-state index contributed by atoms with van der Waals surface area (Å²) < 4.78 is 5.19. The van der Waals surface area contributed by atoms with Gasteiger partial charge in [0.2, 0.25) is 0 Å². The molecule has 0 aliphatic rings. The van der Waals surface area contributed by atoms with Crippen LogP contribution in [0, 0.1) is 11.3 Å². The van der Waals surface area contributed by atoms with Gasteiger partial charge in [-0.3, -0.25) is 0 Å². The summed E-state index contributed by atoms with van der Waals surface area (Å²) in [5.74, 6) is 0.806. The molecular weight excluding hydrogens is 226 g/mol. The quantitative estimate of drug-likeness (QED) is 0.826. The fourth-order valence-electron chi connectivity index (χ4n) is 1.62. The number of ether oxygens (including phenoxy) is 1. The predicted molar refractivity (Wildman–Crippen MR) is 70.0 cm³/mol. The minimum atomic E-state index is 0.415. The van der Waals surface area contributed by atoms with Gasteiger partial charge in [0.05, 0.1) is 19.0 Å². The highest BCUT2D eigenvalue weighted by Gasteiger charge is 2.05. The molecule has 0 saturated carbocycles. The molecule has 0 bridgehead atoms. The molecule has 1 heterocycles. The van der Waals surface area contributed by atoms with Crippen molar-refractivity contribution in [2.45, 2.75) is 0 Å². The van der Waals surface area contributed by atoms with E-state index in [9.17, 15) is 0 Å². The second kappa shape index (κ2) is 5.19. The molecular formula is C14H13N3O. The van der Waals surface area contributed by atoms with Crippen molar-refractivity contribution in [2.75, 3.05) is 19.1 Å². The zero-order chi connectivity index (χ0) is 13.0. The number of pyridine rings is 1. The molecule has 2 rings (SSSR count). The number of benzene rings is 1. The third kappa shape index (κ3) is 2.41. The first-order valence-corrected chi connectivity index (χ1v) is 5.48. The average Bonchev–Trinajstić information content (AvgIpc) is 2.46. The molecule has 0 N–H and O–H groups in total. The van der Waals surface area contributed by atoms with E-state index in [1.54, 1.807) is 19.4 Å². The zero-order valence-electron chi connectivity index (χ0n) is 10.3. The van der Waals surface area contributed by atoms with E-state index in [0.29, 0.717) is 5.69 Å². The Bertz CT molecular complexity index is 572. The van der Waals surface area contributed by atoms with E-state index >= 15 is 0 Å². The zero-order valence-corrected chi connectivity index (χ0v) is 10.3. The minimum Gasteiger partial charge on any atom is -0.497 e. The number of nitriles is 1. The van der Waals surface area contributed by atoms with Crippen LogP contribution in [0.15, 0.2) is 42.6 Å². The van der Waals surface area contributed by atoms with Gasteiger partial charge in [-0.15, -0.1) is 0 Å². The van der Waals surface area contributed by atoms with E-state index in [2.05, 4.69) is 4.98 Å². The van der Waals surface area contributed by atoms with E-state index in [-0.39, 0.29) is 0 Å². The van der Waals surface area contributed by atoms with Crippen LogP contribution in [0.3, 0.4) is 0 Å². The monoisotopic (exact) mass is 239 g/mol. The lowest BCUT2D eigenvalue weighted by Crippen LogP contribution is -2.09. The molecule has 0 radical (unpaired) electrons. The van der Waals surface area contributed by atoms with Crippen molar-refractivity contribution in [3.05, 3.63) is 48.3 Å². The molecule has 4 heteroatoms. The fraction of sp³-hybridized carbons (Fsp3) is 0.143. The lowest BCUT2D eigenvalue weighted by Gasteiger charge is -2.19. The average molecular weight is 239 g/mol. The van der Waals surface area contributed by atoms with Crippen molar-refractivity contribution >= 4 is 11.4 Å². The molecule has 1 aromatic carbocycles. The SMILES string of the molecule is COc1cccc(N(C)c2ccc(C#N)nc2)c1. The first-order valence-electron chi connectivity index (χ1n) is 5.48.